The van der Waals surface area contributed by atoms with Crippen LogP contribution in [0.2, 0.25) is 18.1 Å². The lowest BCUT2D eigenvalue weighted by atomic mass is 9.34. The van der Waals surface area contributed by atoms with E-state index in [1.54, 1.807) is 5.57 Å². The minimum absolute atomic E-state index is 0.00325. The molecule has 270 valence electrons. The van der Waals surface area contributed by atoms with Gasteiger partial charge in [0.15, 0.2) is 0 Å². The van der Waals surface area contributed by atoms with Gasteiger partial charge in [0.25, 0.3) is 14.3 Å². The van der Waals surface area contributed by atoms with Gasteiger partial charge in [-0.05, 0) is 144 Å². The second-order valence-corrected chi connectivity index (χ2v) is 25.3. The normalized spacial score (nSPS) is 38.0. The third-order valence-electron chi connectivity index (χ3n) is 16.1. The predicted molar refractivity (Wildman–Crippen MR) is 203 cm³/mol. The van der Waals surface area contributed by atoms with Crippen LogP contribution in [0.5, 0.6) is 0 Å². The zero-order valence-electron chi connectivity index (χ0n) is 33.1. The van der Waals surface area contributed by atoms with E-state index in [2.05, 4.69) is 107 Å². The summed E-state index contributed by atoms with van der Waals surface area (Å²) in [6, 6.07) is 8.06. The van der Waals surface area contributed by atoms with Crippen molar-refractivity contribution in [1.82, 2.24) is 0 Å². The molecule has 0 bridgehead atoms. The number of allylic oxidation sites excluding steroid dienone is 4. The van der Waals surface area contributed by atoms with Gasteiger partial charge in [-0.3, -0.25) is 4.79 Å². The Morgan fingerprint density at radius 3 is 2.12 bits per heavy atom. The molecule has 3 saturated carbocycles. The lowest BCUT2D eigenvalue weighted by Gasteiger charge is -2.70. The van der Waals surface area contributed by atoms with Crippen LogP contribution < -0.4 is 0 Å². The van der Waals surface area contributed by atoms with Gasteiger partial charge in [-0.2, -0.15) is 0 Å². The number of rotatable bonds is 4. The van der Waals surface area contributed by atoms with Crippen molar-refractivity contribution >= 4 is 25.8 Å². The molecule has 5 aliphatic carbocycles. The van der Waals surface area contributed by atoms with Crippen LogP contribution in [0, 0.1) is 56.7 Å². The Morgan fingerprint density at radius 1 is 0.857 bits per heavy atom. The first-order valence-corrected chi connectivity index (χ1v) is 22.3. The van der Waals surface area contributed by atoms with E-state index in [1.807, 2.05) is 12.1 Å². The Hall–Kier alpha value is -2.14. The molecule has 49 heavy (non-hydrogen) atoms. The van der Waals surface area contributed by atoms with Crippen LogP contribution in [0.25, 0.3) is 5.57 Å². The third-order valence-corrected chi connectivity index (χ3v) is 20.5. The van der Waals surface area contributed by atoms with Crippen molar-refractivity contribution in [2.24, 2.45) is 56.7 Å². The highest BCUT2D eigenvalue weighted by Gasteiger charge is 2.67. The smallest absolute Gasteiger partial charge is 0.337 e. The second-order valence-electron chi connectivity index (χ2n) is 20.6. The molecule has 5 heteroatoms. The lowest BCUT2D eigenvalue weighted by Crippen LogP contribution is -2.62. The molecule has 6 rings (SSSR count). The molecule has 0 N–H and O–H groups in total. The topological polar surface area (TPSA) is 52.6 Å². The highest BCUT2D eigenvalue weighted by Crippen LogP contribution is 2.75. The van der Waals surface area contributed by atoms with Crippen LogP contribution >= 0.6 is 0 Å². The van der Waals surface area contributed by atoms with Crippen LogP contribution in [-0.2, 0) is 14.0 Å². The fourth-order valence-corrected chi connectivity index (χ4v) is 13.3. The van der Waals surface area contributed by atoms with Crippen molar-refractivity contribution in [2.45, 2.75) is 139 Å². The molecule has 3 fully saturated rings. The van der Waals surface area contributed by atoms with Crippen LogP contribution in [0.15, 0.2) is 42.0 Å². The van der Waals surface area contributed by atoms with E-state index in [9.17, 15) is 9.59 Å². The van der Waals surface area contributed by atoms with Crippen molar-refractivity contribution in [3.05, 3.63) is 53.1 Å². The van der Waals surface area contributed by atoms with Gasteiger partial charge in [0.05, 0.1) is 18.6 Å². The average Bonchev–Trinajstić information content (AvgIpc) is 2.99. The van der Waals surface area contributed by atoms with Gasteiger partial charge in [0.1, 0.15) is 0 Å². The van der Waals surface area contributed by atoms with Gasteiger partial charge in [-0.25, -0.2) is 4.79 Å². The monoisotopic (exact) mass is 686 g/mol. The summed E-state index contributed by atoms with van der Waals surface area (Å²) in [6.07, 6.45) is 14.4. The molecule has 0 saturated heterocycles. The van der Waals surface area contributed by atoms with Gasteiger partial charge >= 0.3 is 5.97 Å². The Kier molecular flexibility index (Phi) is 8.74. The average molecular weight is 687 g/mol. The van der Waals surface area contributed by atoms with E-state index in [4.69, 9.17) is 9.16 Å². The van der Waals surface area contributed by atoms with Crippen molar-refractivity contribution in [2.75, 3.05) is 7.11 Å². The highest BCUT2D eigenvalue weighted by atomic mass is 28.4. The molecule has 0 radical (unpaired) electrons. The molecule has 7 unspecified atom stereocenters. The molecule has 0 aromatic heterocycles. The van der Waals surface area contributed by atoms with Gasteiger partial charge in [-0.1, -0.05) is 99.1 Å². The number of benzene rings is 1. The maximum atomic E-state index is 14.2. The van der Waals surface area contributed by atoms with Crippen LogP contribution in [0.1, 0.15) is 137 Å². The van der Waals surface area contributed by atoms with E-state index in [0.29, 0.717) is 29.2 Å². The molecule has 4 nitrogen and oxygen atoms in total. The maximum Gasteiger partial charge on any atom is 0.337 e. The van der Waals surface area contributed by atoms with Crippen molar-refractivity contribution in [3.8, 4) is 0 Å². The molecule has 1 aromatic rings. The number of carbonyl (C=O) groups is 2. The van der Waals surface area contributed by atoms with Crippen LogP contribution in [-0.4, -0.2) is 27.4 Å². The van der Waals surface area contributed by atoms with E-state index in [1.165, 1.54) is 43.9 Å². The molecule has 0 amide bonds. The number of fused-ring (bicyclic) bond motifs is 7. The van der Waals surface area contributed by atoms with Gasteiger partial charge in [-0.15, -0.1) is 0 Å². The Morgan fingerprint density at radius 2 is 1.51 bits per heavy atom. The van der Waals surface area contributed by atoms with E-state index in [0.717, 1.165) is 25.7 Å². The molecular weight excluding hydrogens is 621 g/mol. The largest absolute Gasteiger partial charge is 0.519 e. The molecule has 8 atom stereocenters. The predicted octanol–water partition coefficient (Wildman–Crippen LogP) is 11.7. The van der Waals surface area contributed by atoms with E-state index in [-0.39, 0.29) is 50.0 Å². The second kappa shape index (κ2) is 11.7. The zero-order valence-corrected chi connectivity index (χ0v) is 34.1. The SMILES string of the molecule is COC(=O)c1ccc(C2=CCC3(C)C(CCC4(C)C3CC=C3C5CC(C)(C)C[C@@H](C(=O)O[Si](C)(C)C(C)(C)C)C5CCC34C)C2(C)C)cc1. The summed E-state index contributed by atoms with van der Waals surface area (Å²) in [5.74, 6) is 1.85. The van der Waals surface area contributed by atoms with E-state index >= 15 is 0 Å². The minimum atomic E-state index is -2.20. The molecule has 1 aromatic carbocycles. The van der Waals surface area contributed by atoms with Gasteiger partial charge in [0.2, 0.25) is 0 Å². The Balaban J connectivity index is 1.32. The number of esters is 1. The fourth-order valence-electron chi connectivity index (χ4n) is 12.3. The van der Waals surface area contributed by atoms with Crippen LogP contribution in [0.4, 0.5) is 0 Å². The number of methoxy groups -OCH3 is 1. The number of ether oxygens (including phenoxy) is 1. The van der Waals surface area contributed by atoms with Gasteiger partial charge in [0, 0.05) is 0 Å². The van der Waals surface area contributed by atoms with Crippen LogP contribution in [0.3, 0.4) is 0 Å². The highest BCUT2D eigenvalue weighted by molar-refractivity contribution is 6.75. The summed E-state index contributed by atoms with van der Waals surface area (Å²) in [7, 11) is -0.759. The van der Waals surface area contributed by atoms with E-state index < -0.39 is 8.32 Å². The molecule has 0 heterocycles. The molecular formula is C44H66O4Si. The standard InChI is InChI=1S/C44H66O4Si/c1-39(2,3)49(12,13)48-38(46)32-27-40(4,5)26-31-30(32)20-24-43(9)34(31)18-19-36-42(8)23-21-33(28-14-16-29(17-15-28)37(45)47-11)41(6,7)35(42)22-25-44(36,43)10/h14-18,21,30-32,35-36H,19-20,22-27H2,1-13H3/t30?,31?,32-,35?,36?,42?,43?,44?/m1/s1. The summed E-state index contributed by atoms with van der Waals surface area (Å²) in [5, 5.41) is 0.0145. The summed E-state index contributed by atoms with van der Waals surface area (Å²) in [6.45, 7) is 28.8. The first-order valence-electron chi connectivity index (χ1n) is 19.4. The summed E-state index contributed by atoms with van der Waals surface area (Å²) in [5.41, 5.74) is 5.65. The Labute approximate surface area is 299 Å². The number of hydrogen-bond donors (Lipinski definition) is 0. The quantitative estimate of drug-likeness (QED) is 0.180. The Bertz CT molecular complexity index is 1560. The zero-order chi connectivity index (χ0) is 36.2. The third kappa shape index (κ3) is 5.57. The molecule has 0 aliphatic heterocycles. The van der Waals surface area contributed by atoms with Crippen molar-refractivity contribution < 1.29 is 18.8 Å². The molecule has 0 spiro atoms. The molecule has 5 aliphatic rings. The number of carbonyl (C=O) groups excluding carboxylic acids is 2. The van der Waals surface area contributed by atoms with Gasteiger partial charge < -0.3 is 9.16 Å². The number of hydrogen-bond acceptors (Lipinski definition) is 4. The first kappa shape index (κ1) is 36.6. The minimum Gasteiger partial charge on any atom is -0.519 e. The lowest BCUT2D eigenvalue weighted by molar-refractivity contribution is -0.161. The fraction of sp³-hybridized carbons (Fsp3) is 0.727. The van der Waals surface area contributed by atoms with Crippen molar-refractivity contribution in [1.29, 1.82) is 0 Å². The summed E-state index contributed by atoms with van der Waals surface area (Å²) >= 11 is 0. The summed E-state index contributed by atoms with van der Waals surface area (Å²) in [4.78, 5) is 26.3. The first-order chi connectivity index (χ1) is 22.5. The summed E-state index contributed by atoms with van der Waals surface area (Å²) < 4.78 is 11.5. The van der Waals surface area contributed by atoms with Crippen molar-refractivity contribution in [3.63, 3.8) is 0 Å². The maximum absolute atomic E-state index is 14.2.